The summed E-state index contributed by atoms with van der Waals surface area (Å²) in [5.74, 6) is -0.414. The second-order valence-corrected chi connectivity index (χ2v) is 4.50. The first-order chi connectivity index (χ1) is 12.1. The third-order valence-electron chi connectivity index (χ3n) is 2.79. The van der Waals surface area contributed by atoms with Crippen LogP contribution in [0.5, 0.6) is 0 Å². The Bertz CT molecular complexity index is 842. The van der Waals surface area contributed by atoms with E-state index in [9.17, 15) is 4.79 Å². The minimum absolute atomic E-state index is 0.189. The second kappa shape index (κ2) is 8.52. The molecule has 0 spiro atoms. The van der Waals surface area contributed by atoms with Gasteiger partial charge in [-0.25, -0.2) is 0 Å². The Balaban J connectivity index is 2.19. The quantitative estimate of drug-likeness (QED) is 0.353. The molecule has 0 radical (unpaired) electrons. The maximum absolute atomic E-state index is 12.4. The Morgan fingerprint density at radius 1 is 0.880 bits per heavy atom. The lowest BCUT2D eigenvalue weighted by Gasteiger charge is -2.08. The normalized spacial score (nSPS) is 11.4. The SMILES string of the molecule is N=NN=NN=NN=Nc1cc(N)ccc1C(=O)Nc1ccc(N)cc1. The number of carbonyl (C=O) groups is 1. The van der Waals surface area contributed by atoms with E-state index in [4.69, 9.17) is 17.0 Å². The first-order valence-electron chi connectivity index (χ1n) is 6.74. The van der Waals surface area contributed by atoms with E-state index in [1.165, 1.54) is 12.1 Å². The van der Waals surface area contributed by atoms with Crippen LogP contribution < -0.4 is 16.8 Å². The number of anilines is 3. The van der Waals surface area contributed by atoms with Crippen molar-refractivity contribution in [1.29, 1.82) is 5.53 Å². The molecule has 0 heterocycles. The fourth-order valence-electron chi connectivity index (χ4n) is 1.73. The molecule has 0 aliphatic carbocycles. The van der Waals surface area contributed by atoms with Crippen molar-refractivity contribution in [2.24, 2.45) is 36.5 Å². The number of rotatable bonds is 6. The predicted molar refractivity (Wildman–Crippen MR) is 89.0 cm³/mol. The van der Waals surface area contributed by atoms with Gasteiger partial charge in [0.2, 0.25) is 0 Å². The molecule has 2 rings (SSSR count). The number of carbonyl (C=O) groups excluding carboxylic acids is 1. The zero-order chi connectivity index (χ0) is 18.1. The van der Waals surface area contributed by atoms with Crippen molar-refractivity contribution in [3.05, 3.63) is 48.0 Å². The van der Waals surface area contributed by atoms with Gasteiger partial charge in [0, 0.05) is 17.1 Å². The third kappa shape index (κ3) is 5.24. The van der Waals surface area contributed by atoms with E-state index >= 15 is 0 Å². The van der Waals surface area contributed by atoms with Gasteiger partial charge in [-0.3, -0.25) is 4.79 Å². The van der Waals surface area contributed by atoms with Gasteiger partial charge in [-0.2, -0.15) is 5.53 Å². The highest BCUT2D eigenvalue weighted by Gasteiger charge is 2.12. The minimum atomic E-state index is -0.414. The Kier molecular flexibility index (Phi) is 5.88. The van der Waals surface area contributed by atoms with Crippen LogP contribution in [0, 0.1) is 5.53 Å². The summed E-state index contributed by atoms with van der Waals surface area (Å²) in [4.78, 5) is 12.4. The lowest BCUT2D eigenvalue weighted by Crippen LogP contribution is -2.12. The summed E-state index contributed by atoms with van der Waals surface area (Å²) in [5, 5.41) is 24.7. The Morgan fingerprint density at radius 3 is 2.24 bits per heavy atom. The molecule has 0 aliphatic heterocycles. The molecule has 0 saturated carbocycles. The molecule has 25 heavy (non-hydrogen) atoms. The van der Waals surface area contributed by atoms with Gasteiger partial charge >= 0.3 is 0 Å². The van der Waals surface area contributed by atoms with Crippen molar-refractivity contribution >= 4 is 28.7 Å². The number of nitrogens with one attached hydrogen (secondary N) is 2. The molecule has 1 amide bonds. The second-order valence-electron chi connectivity index (χ2n) is 4.50. The van der Waals surface area contributed by atoms with Crippen LogP contribution in [0.15, 0.2) is 78.9 Å². The summed E-state index contributed by atoms with van der Waals surface area (Å²) < 4.78 is 0. The molecule has 6 N–H and O–H groups in total. The predicted octanol–water partition coefficient (Wildman–Crippen LogP) is 3.87. The summed E-state index contributed by atoms with van der Waals surface area (Å²) in [6, 6.07) is 11.2. The molecule has 0 bridgehead atoms. The van der Waals surface area contributed by atoms with Gasteiger partial charge in [0.05, 0.1) is 5.56 Å². The van der Waals surface area contributed by atoms with E-state index in [0.29, 0.717) is 17.1 Å². The number of benzene rings is 2. The van der Waals surface area contributed by atoms with Gasteiger partial charge in [-0.1, -0.05) is 0 Å². The summed E-state index contributed by atoms with van der Waals surface area (Å²) >= 11 is 0. The van der Waals surface area contributed by atoms with Crippen molar-refractivity contribution in [3.63, 3.8) is 0 Å². The lowest BCUT2D eigenvalue weighted by atomic mass is 10.1. The van der Waals surface area contributed by atoms with Crippen molar-refractivity contribution in [1.82, 2.24) is 0 Å². The molecule has 2 aromatic rings. The zero-order valence-electron chi connectivity index (χ0n) is 12.7. The van der Waals surface area contributed by atoms with Gasteiger partial charge in [-0.05, 0) is 73.8 Å². The molecule has 0 fully saturated rings. The monoisotopic (exact) mass is 339 g/mol. The van der Waals surface area contributed by atoms with Gasteiger partial charge in [-0.15, -0.1) is 5.11 Å². The Hall–Kier alpha value is -4.09. The number of nitrogens with zero attached hydrogens (tertiary/aromatic N) is 7. The molecule has 126 valence electrons. The van der Waals surface area contributed by atoms with E-state index in [2.05, 4.69) is 41.8 Å². The van der Waals surface area contributed by atoms with Crippen molar-refractivity contribution in [2.75, 3.05) is 16.8 Å². The van der Waals surface area contributed by atoms with Gasteiger partial charge in [0.25, 0.3) is 5.91 Å². The zero-order valence-corrected chi connectivity index (χ0v) is 12.7. The highest BCUT2D eigenvalue weighted by Crippen LogP contribution is 2.24. The topological polar surface area (TPSA) is 192 Å². The van der Waals surface area contributed by atoms with Crippen LogP contribution in [0.3, 0.4) is 0 Å². The van der Waals surface area contributed by atoms with Crippen LogP contribution in [0.4, 0.5) is 22.7 Å². The minimum Gasteiger partial charge on any atom is -0.399 e. The number of hydrogen-bond donors (Lipinski definition) is 4. The molecule has 0 aromatic heterocycles. The van der Waals surface area contributed by atoms with Crippen LogP contribution in [0.2, 0.25) is 0 Å². The van der Waals surface area contributed by atoms with Crippen LogP contribution in [-0.4, -0.2) is 5.91 Å². The summed E-state index contributed by atoms with van der Waals surface area (Å²) in [7, 11) is 0. The van der Waals surface area contributed by atoms with Gasteiger partial charge < -0.3 is 16.8 Å². The highest BCUT2D eigenvalue weighted by atomic mass is 16.1. The van der Waals surface area contributed by atoms with Crippen molar-refractivity contribution in [2.45, 2.75) is 0 Å². The van der Waals surface area contributed by atoms with E-state index in [0.717, 1.165) is 0 Å². The Morgan fingerprint density at radius 2 is 1.52 bits per heavy atom. The van der Waals surface area contributed by atoms with E-state index in [-0.39, 0.29) is 11.3 Å². The average Bonchev–Trinajstić information content (AvgIpc) is 2.60. The molecule has 0 aliphatic rings. The van der Waals surface area contributed by atoms with Crippen LogP contribution in [-0.2, 0) is 0 Å². The summed E-state index contributed by atoms with van der Waals surface area (Å²) in [6.45, 7) is 0. The van der Waals surface area contributed by atoms with Crippen molar-refractivity contribution < 1.29 is 4.79 Å². The molecule has 0 atom stereocenters. The van der Waals surface area contributed by atoms with Gasteiger partial charge in [0.15, 0.2) is 0 Å². The maximum Gasteiger partial charge on any atom is 0.257 e. The largest absolute Gasteiger partial charge is 0.399 e. The fraction of sp³-hybridized carbons (Fsp3) is 0. The van der Waals surface area contributed by atoms with Crippen molar-refractivity contribution in [3.8, 4) is 0 Å². The lowest BCUT2D eigenvalue weighted by molar-refractivity contribution is 0.102. The Labute approximate surface area is 141 Å². The molecule has 12 nitrogen and oxygen atoms in total. The van der Waals surface area contributed by atoms with Crippen LogP contribution in [0.1, 0.15) is 10.4 Å². The number of nitrogen functional groups attached to an aromatic ring is 2. The van der Waals surface area contributed by atoms with E-state index in [1.807, 2.05) is 0 Å². The summed E-state index contributed by atoms with van der Waals surface area (Å²) in [6.07, 6.45) is 0. The maximum atomic E-state index is 12.4. The highest BCUT2D eigenvalue weighted by molar-refractivity contribution is 6.07. The molecule has 12 heteroatoms. The summed E-state index contributed by atoms with van der Waals surface area (Å²) in [5.41, 5.74) is 19.6. The molecule has 2 aromatic carbocycles. The number of hydrogen-bond acceptors (Lipinski definition) is 5. The van der Waals surface area contributed by atoms with Crippen LogP contribution in [0.25, 0.3) is 0 Å². The molecule has 0 unspecified atom stereocenters. The first-order valence-corrected chi connectivity index (χ1v) is 6.74. The molecular formula is C13H13N11O. The third-order valence-corrected chi connectivity index (χ3v) is 2.79. The van der Waals surface area contributed by atoms with E-state index < -0.39 is 5.91 Å². The van der Waals surface area contributed by atoms with Crippen LogP contribution >= 0.6 is 0 Å². The fourth-order valence-corrected chi connectivity index (χ4v) is 1.73. The van der Waals surface area contributed by atoms with E-state index in [1.54, 1.807) is 30.3 Å². The number of nitrogens with two attached hydrogens (primary N) is 2. The average molecular weight is 339 g/mol. The number of amides is 1. The molecular weight excluding hydrogens is 326 g/mol. The van der Waals surface area contributed by atoms with Gasteiger partial charge in [0.1, 0.15) is 5.69 Å². The smallest absolute Gasteiger partial charge is 0.257 e. The molecule has 0 saturated heterocycles. The standard InChI is InChI=1S/C13H13N11O/c14-8-1-4-10(5-2-8)17-13(25)11-6-3-9(15)7-12(11)18-20-22-24-23-21-19-16/h1-7,16H,14-15H2,(H,17,25). The first kappa shape index (κ1) is 17.3.